The van der Waals surface area contributed by atoms with Gasteiger partial charge in [-0.3, -0.25) is 4.79 Å². The lowest BCUT2D eigenvalue weighted by Gasteiger charge is -2.20. The standard InChI is InChI=1S/C16H34N2O2/c1-5-20-16(19)11-7-6-8-12-17-13-9-10-14-18(4)15(2)3/h15,17H,5-14H2,1-4H3. The quantitative estimate of drug-likeness (QED) is 0.417. The van der Waals surface area contributed by atoms with Crippen molar-refractivity contribution in [3.8, 4) is 0 Å². The summed E-state index contributed by atoms with van der Waals surface area (Å²) in [6, 6.07) is 0.641. The average molecular weight is 286 g/mol. The molecular weight excluding hydrogens is 252 g/mol. The first kappa shape index (κ1) is 19.4. The van der Waals surface area contributed by atoms with Gasteiger partial charge in [0.1, 0.15) is 0 Å². The van der Waals surface area contributed by atoms with Gasteiger partial charge < -0.3 is 15.0 Å². The first-order valence-corrected chi connectivity index (χ1v) is 8.14. The second kappa shape index (κ2) is 13.4. The van der Waals surface area contributed by atoms with Gasteiger partial charge in [-0.15, -0.1) is 0 Å². The molecule has 0 amide bonds. The molecule has 0 radical (unpaired) electrons. The molecule has 0 aliphatic rings. The van der Waals surface area contributed by atoms with Crippen molar-refractivity contribution in [3.63, 3.8) is 0 Å². The highest BCUT2D eigenvalue weighted by Gasteiger charge is 2.02. The Balaban J connectivity index is 3.15. The average Bonchev–Trinajstić information content (AvgIpc) is 2.40. The molecule has 20 heavy (non-hydrogen) atoms. The fourth-order valence-corrected chi connectivity index (χ4v) is 1.92. The minimum atomic E-state index is -0.0604. The molecule has 0 unspecified atom stereocenters. The van der Waals surface area contributed by atoms with E-state index in [0.29, 0.717) is 19.1 Å². The van der Waals surface area contributed by atoms with Crippen molar-refractivity contribution in [3.05, 3.63) is 0 Å². The fraction of sp³-hybridized carbons (Fsp3) is 0.938. The molecule has 1 N–H and O–H groups in total. The Hall–Kier alpha value is -0.610. The number of ether oxygens (including phenoxy) is 1. The van der Waals surface area contributed by atoms with Crippen LogP contribution in [0.2, 0.25) is 0 Å². The number of nitrogens with one attached hydrogen (secondary N) is 1. The Bertz CT molecular complexity index is 233. The zero-order valence-electron chi connectivity index (χ0n) is 13.9. The number of carbonyl (C=O) groups excluding carboxylic acids is 1. The third-order valence-corrected chi connectivity index (χ3v) is 3.54. The maximum absolute atomic E-state index is 11.1. The van der Waals surface area contributed by atoms with Crippen LogP contribution in [0.25, 0.3) is 0 Å². The molecule has 4 nitrogen and oxygen atoms in total. The molecule has 0 saturated carbocycles. The van der Waals surface area contributed by atoms with E-state index in [4.69, 9.17) is 4.74 Å². The first-order chi connectivity index (χ1) is 9.57. The molecule has 0 spiro atoms. The Morgan fingerprint density at radius 1 is 1.10 bits per heavy atom. The Morgan fingerprint density at radius 2 is 1.75 bits per heavy atom. The zero-order chi connectivity index (χ0) is 15.2. The van der Waals surface area contributed by atoms with E-state index < -0.39 is 0 Å². The number of rotatable bonds is 13. The second-order valence-electron chi connectivity index (χ2n) is 5.65. The van der Waals surface area contributed by atoms with Gasteiger partial charge in [-0.05, 0) is 73.1 Å². The van der Waals surface area contributed by atoms with Crippen LogP contribution in [0.1, 0.15) is 59.3 Å². The van der Waals surface area contributed by atoms with Gasteiger partial charge in [0, 0.05) is 12.5 Å². The number of nitrogens with zero attached hydrogens (tertiary/aromatic N) is 1. The van der Waals surface area contributed by atoms with Gasteiger partial charge in [0.2, 0.25) is 0 Å². The summed E-state index contributed by atoms with van der Waals surface area (Å²) in [6.45, 7) is 10.1. The highest BCUT2D eigenvalue weighted by Crippen LogP contribution is 2.01. The first-order valence-electron chi connectivity index (χ1n) is 8.14. The lowest BCUT2D eigenvalue weighted by Crippen LogP contribution is -2.28. The molecule has 0 aromatic rings. The number of hydrogen-bond acceptors (Lipinski definition) is 4. The molecule has 0 aliphatic heterocycles. The molecular formula is C16H34N2O2. The lowest BCUT2D eigenvalue weighted by molar-refractivity contribution is -0.143. The lowest BCUT2D eigenvalue weighted by atomic mass is 10.2. The molecule has 0 saturated heterocycles. The molecule has 120 valence electrons. The molecule has 0 atom stereocenters. The number of esters is 1. The van der Waals surface area contributed by atoms with Crippen LogP contribution >= 0.6 is 0 Å². The number of hydrogen-bond donors (Lipinski definition) is 1. The van der Waals surface area contributed by atoms with Gasteiger partial charge in [0.25, 0.3) is 0 Å². The maximum atomic E-state index is 11.1. The van der Waals surface area contributed by atoms with Crippen LogP contribution in [-0.4, -0.2) is 50.2 Å². The van der Waals surface area contributed by atoms with Crippen molar-refractivity contribution in [2.75, 3.05) is 33.3 Å². The molecule has 0 rings (SSSR count). The van der Waals surface area contributed by atoms with Gasteiger partial charge >= 0.3 is 5.97 Å². The summed E-state index contributed by atoms with van der Waals surface area (Å²) in [6.07, 6.45) is 6.24. The third kappa shape index (κ3) is 12.4. The van der Waals surface area contributed by atoms with Gasteiger partial charge in [-0.25, -0.2) is 0 Å². The Kier molecular flexibility index (Phi) is 13.0. The normalized spacial score (nSPS) is 11.3. The largest absolute Gasteiger partial charge is 0.466 e. The van der Waals surface area contributed by atoms with Crippen molar-refractivity contribution in [2.45, 2.75) is 65.3 Å². The van der Waals surface area contributed by atoms with Crippen molar-refractivity contribution in [2.24, 2.45) is 0 Å². The number of carbonyl (C=O) groups is 1. The van der Waals surface area contributed by atoms with Crippen molar-refractivity contribution in [1.82, 2.24) is 10.2 Å². The van der Waals surface area contributed by atoms with E-state index in [1.54, 1.807) is 0 Å². The van der Waals surface area contributed by atoms with Crippen molar-refractivity contribution in [1.29, 1.82) is 0 Å². The van der Waals surface area contributed by atoms with E-state index in [1.807, 2.05) is 6.92 Å². The molecule has 0 aromatic heterocycles. The van der Waals surface area contributed by atoms with E-state index in [2.05, 4.69) is 31.1 Å². The van der Waals surface area contributed by atoms with Crippen LogP contribution in [-0.2, 0) is 9.53 Å². The van der Waals surface area contributed by atoms with Crippen LogP contribution in [0, 0.1) is 0 Å². The maximum Gasteiger partial charge on any atom is 0.305 e. The molecule has 4 heteroatoms. The molecule has 0 bridgehead atoms. The van der Waals surface area contributed by atoms with Gasteiger partial charge in [-0.1, -0.05) is 6.42 Å². The zero-order valence-corrected chi connectivity index (χ0v) is 13.9. The van der Waals surface area contributed by atoms with E-state index in [-0.39, 0.29) is 5.97 Å². The monoisotopic (exact) mass is 286 g/mol. The third-order valence-electron chi connectivity index (χ3n) is 3.54. The fourth-order valence-electron chi connectivity index (χ4n) is 1.92. The van der Waals surface area contributed by atoms with Crippen molar-refractivity contribution < 1.29 is 9.53 Å². The van der Waals surface area contributed by atoms with Crippen LogP contribution in [0.15, 0.2) is 0 Å². The highest BCUT2D eigenvalue weighted by molar-refractivity contribution is 5.69. The van der Waals surface area contributed by atoms with E-state index >= 15 is 0 Å². The number of unbranched alkanes of at least 4 members (excludes halogenated alkanes) is 3. The summed E-state index contributed by atoms with van der Waals surface area (Å²) in [5, 5.41) is 3.47. The summed E-state index contributed by atoms with van der Waals surface area (Å²) in [4.78, 5) is 13.5. The Morgan fingerprint density at radius 3 is 2.35 bits per heavy atom. The summed E-state index contributed by atoms with van der Waals surface area (Å²) in [7, 11) is 2.18. The summed E-state index contributed by atoms with van der Waals surface area (Å²) >= 11 is 0. The van der Waals surface area contributed by atoms with E-state index in [9.17, 15) is 4.79 Å². The highest BCUT2D eigenvalue weighted by atomic mass is 16.5. The van der Waals surface area contributed by atoms with Crippen LogP contribution in [0.5, 0.6) is 0 Å². The van der Waals surface area contributed by atoms with E-state index in [1.165, 1.54) is 19.4 Å². The summed E-state index contributed by atoms with van der Waals surface area (Å²) < 4.78 is 4.89. The molecule has 0 fully saturated rings. The molecule has 0 heterocycles. The Labute approximate surface area is 125 Å². The SMILES string of the molecule is CCOC(=O)CCCCCNCCCCN(C)C(C)C. The van der Waals surface area contributed by atoms with Gasteiger partial charge in [0.05, 0.1) is 6.61 Å². The predicted molar refractivity (Wildman–Crippen MR) is 85.0 cm³/mol. The second-order valence-corrected chi connectivity index (χ2v) is 5.65. The minimum Gasteiger partial charge on any atom is -0.466 e. The summed E-state index contributed by atoms with van der Waals surface area (Å²) in [5.41, 5.74) is 0. The van der Waals surface area contributed by atoms with Crippen LogP contribution in [0.4, 0.5) is 0 Å². The summed E-state index contributed by atoms with van der Waals surface area (Å²) in [5.74, 6) is -0.0604. The smallest absolute Gasteiger partial charge is 0.305 e. The predicted octanol–water partition coefficient (Wildman–Crippen LogP) is 2.82. The van der Waals surface area contributed by atoms with E-state index in [0.717, 1.165) is 32.4 Å². The van der Waals surface area contributed by atoms with Crippen molar-refractivity contribution >= 4 is 5.97 Å². The van der Waals surface area contributed by atoms with Gasteiger partial charge in [0.15, 0.2) is 0 Å². The van der Waals surface area contributed by atoms with Crippen LogP contribution in [0.3, 0.4) is 0 Å². The topological polar surface area (TPSA) is 41.6 Å². The van der Waals surface area contributed by atoms with Gasteiger partial charge in [-0.2, -0.15) is 0 Å². The molecule has 0 aromatic carbocycles. The van der Waals surface area contributed by atoms with Crippen LogP contribution < -0.4 is 5.32 Å². The minimum absolute atomic E-state index is 0.0604. The molecule has 0 aliphatic carbocycles.